The molecule has 3 amide bonds. The molecule has 1 saturated heterocycles. The fourth-order valence-corrected chi connectivity index (χ4v) is 1.67. The number of carbonyl (C=O) groups is 3. The number of carboxylic acids is 1. The predicted octanol–water partition coefficient (Wildman–Crippen LogP) is -1.91. The number of β-amino-alcohol motifs (C(OH)–C–C–N with tert-alkyl or cyclic N) is 1. The van der Waals surface area contributed by atoms with E-state index in [1.165, 1.54) is 0 Å². The second-order valence-corrected chi connectivity index (χ2v) is 3.84. The first-order valence-electron chi connectivity index (χ1n) is 5.15. The van der Waals surface area contributed by atoms with Crippen LogP contribution in [0.5, 0.6) is 0 Å². The first-order chi connectivity index (χ1) is 7.91. The second-order valence-electron chi connectivity index (χ2n) is 3.84. The summed E-state index contributed by atoms with van der Waals surface area (Å²) in [6.45, 7) is 0.0203. The van der Waals surface area contributed by atoms with Crippen LogP contribution in [0.4, 0.5) is 4.79 Å². The van der Waals surface area contributed by atoms with E-state index >= 15 is 0 Å². The van der Waals surface area contributed by atoms with Gasteiger partial charge in [-0.1, -0.05) is 0 Å². The molecule has 1 rings (SSSR count). The van der Waals surface area contributed by atoms with Gasteiger partial charge in [0.1, 0.15) is 6.04 Å². The third-order valence-electron chi connectivity index (χ3n) is 2.47. The highest BCUT2D eigenvalue weighted by atomic mass is 16.4. The number of nitrogens with two attached hydrogens (primary N) is 1. The molecule has 0 aliphatic carbocycles. The topological polar surface area (TPSA) is 133 Å². The van der Waals surface area contributed by atoms with Gasteiger partial charge in [0.05, 0.1) is 6.10 Å². The summed E-state index contributed by atoms with van der Waals surface area (Å²) in [6, 6.07) is -1.64. The van der Waals surface area contributed by atoms with Crippen LogP contribution in [0, 0.1) is 0 Å². The molecule has 0 aromatic carbocycles. The Kier molecular flexibility index (Phi) is 4.27. The van der Waals surface area contributed by atoms with E-state index in [9.17, 15) is 19.5 Å². The van der Waals surface area contributed by atoms with E-state index < -0.39 is 30.1 Å². The molecule has 0 spiro atoms. The molecule has 1 heterocycles. The van der Waals surface area contributed by atoms with Gasteiger partial charge in [0.25, 0.3) is 0 Å². The van der Waals surface area contributed by atoms with E-state index in [2.05, 4.69) is 5.32 Å². The number of hydrogen-bond acceptors (Lipinski definition) is 4. The van der Waals surface area contributed by atoms with Gasteiger partial charge in [0.15, 0.2) is 0 Å². The van der Waals surface area contributed by atoms with Gasteiger partial charge in [-0.25, -0.2) is 9.59 Å². The maximum absolute atomic E-state index is 11.6. The smallest absolute Gasteiger partial charge is 0.326 e. The summed E-state index contributed by atoms with van der Waals surface area (Å²) in [6.07, 6.45) is -0.837. The maximum atomic E-state index is 11.6. The lowest BCUT2D eigenvalue weighted by Crippen LogP contribution is -2.46. The van der Waals surface area contributed by atoms with Gasteiger partial charge >= 0.3 is 12.0 Å². The third kappa shape index (κ3) is 3.59. The Labute approximate surface area is 97.4 Å². The number of likely N-dealkylation sites (tertiary alicyclic amines) is 1. The molecule has 0 radical (unpaired) electrons. The normalized spacial score (nSPS) is 23.5. The van der Waals surface area contributed by atoms with Gasteiger partial charge in [-0.3, -0.25) is 4.79 Å². The molecule has 17 heavy (non-hydrogen) atoms. The zero-order chi connectivity index (χ0) is 13.0. The van der Waals surface area contributed by atoms with Crippen molar-refractivity contribution in [2.75, 3.05) is 13.1 Å². The van der Waals surface area contributed by atoms with Gasteiger partial charge in [0, 0.05) is 25.9 Å². The molecule has 1 fully saturated rings. The van der Waals surface area contributed by atoms with Crippen LogP contribution in [0.15, 0.2) is 0 Å². The highest BCUT2D eigenvalue weighted by Gasteiger charge is 2.38. The summed E-state index contributed by atoms with van der Waals surface area (Å²) in [4.78, 5) is 33.9. The molecule has 0 unspecified atom stereocenters. The third-order valence-corrected chi connectivity index (χ3v) is 2.47. The number of aliphatic hydroxyl groups excluding tert-OH is 1. The van der Waals surface area contributed by atoms with Crippen LogP contribution in [0.2, 0.25) is 0 Å². The number of amides is 3. The fraction of sp³-hybridized carbons (Fsp3) is 0.667. The number of hydrogen-bond donors (Lipinski definition) is 4. The van der Waals surface area contributed by atoms with Gasteiger partial charge in [-0.15, -0.1) is 0 Å². The summed E-state index contributed by atoms with van der Waals surface area (Å²) in [5.41, 5.74) is 4.89. The van der Waals surface area contributed by atoms with Crippen LogP contribution in [0.1, 0.15) is 12.8 Å². The van der Waals surface area contributed by atoms with E-state index in [0.29, 0.717) is 0 Å². The van der Waals surface area contributed by atoms with Crippen molar-refractivity contribution in [2.24, 2.45) is 5.73 Å². The quantitative estimate of drug-likeness (QED) is 0.458. The van der Waals surface area contributed by atoms with Crippen molar-refractivity contribution in [3.63, 3.8) is 0 Å². The van der Waals surface area contributed by atoms with Crippen molar-refractivity contribution in [2.45, 2.75) is 25.0 Å². The number of nitrogens with zero attached hydrogens (tertiary/aromatic N) is 1. The molecule has 96 valence electrons. The standard InChI is InChI=1S/C9H15N3O5/c10-7(14)1-2-11-9(17)12-4-5(13)3-6(12)8(15)16/h5-6,13H,1-4H2,(H2,10,14)(H,11,17)(H,15,16)/t5-,6-/m0/s1. The van der Waals surface area contributed by atoms with Gasteiger partial charge < -0.3 is 26.2 Å². The first-order valence-corrected chi connectivity index (χ1v) is 5.15. The minimum absolute atomic E-state index is 0.0125. The molecule has 5 N–H and O–H groups in total. The Morgan fingerprint density at radius 3 is 2.59 bits per heavy atom. The molecule has 8 nitrogen and oxygen atoms in total. The fourth-order valence-electron chi connectivity index (χ4n) is 1.67. The van der Waals surface area contributed by atoms with Crippen molar-refractivity contribution in [3.05, 3.63) is 0 Å². The number of urea groups is 1. The predicted molar refractivity (Wildman–Crippen MR) is 56.0 cm³/mol. The van der Waals surface area contributed by atoms with Gasteiger partial charge in [-0.2, -0.15) is 0 Å². The van der Waals surface area contributed by atoms with Crippen molar-refractivity contribution in [3.8, 4) is 0 Å². The summed E-state index contributed by atoms with van der Waals surface area (Å²) in [5, 5.41) is 20.6. The average Bonchev–Trinajstić information content (AvgIpc) is 2.59. The Hall–Kier alpha value is -1.83. The summed E-state index contributed by atoms with van der Waals surface area (Å²) >= 11 is 0. The molecule has 1 aliphatic rings. The first kappa shape index (κ1) is 13.2. The number of aliphatic carboxylic acids is 1. The number of primary amides is 1. The molecule has 0 saturated carbocycles. The molecule has 1 aliphatic heterocycles. The second kappa shape index (κ2) is 5.48. The lowest BCUT2D eigenvalue weighted by Gasteiger charge is -2.21. The van der Waals surface area contributed by atoms with Crippen molar-refractivity contribution in [1.82, 2.24) is 10.2 Å². The molecular formula is C9H15N3O5. The van der Waals surface area contributed by atoms with Crippen LogP contribution in [0.3, 0.4) is 0 Å². The van der Waals surface area contributed by atoms with Crippen LogP contribution in [-0.2, 0) is 9.59 Å². The molecule has 2 atom stereocenters. The van der Waals surface area contributed by atoms with Crippen molar-refractivity contribution >= 4 is 17.9 Å². The largest absolute Gasteiger partial charge is 0.480 e. The molecule has 0 aromatic heterocycles. The van der Waals surface area contributed by atoms with Crippen LogP contribution in [0.25, 0.3) is 0 Å². The number of rotatable bonds is 4. The van der Waals surface area contributed by atoms with Gasteiger partial charge in [-0.05, 0) is 0 Å². The Morgan fingerprint density at radius 1 is 1.41 bits per heavy atom. The minimum Gasteiger partial charge on any atom is -0.480 e. The highest BCUT2D eigenvalue weighted by Crippen LogP contribution is 2.17. The summed E-state index contributed by atoms with van der Waals surface area (Å²) in [7, 11) is 0. The average molecular weight is 245 g/mol. The van der Waals surface area contributed by atoms with Crippen molar-refractivity contribution in [1.29, 1.82) is 0 Å². The minimum atomic E-state index is -1.16. The van der Waals surface area contributed by atoms with E-state index in [0.717, 1.165) is 4.90 Å². The van der Waals surface area contributed by atoms with Crippen molar-refractivity contribution < 1.29 is 24.6 Å². The number of nitrogens with one attached hydrogen (secondary N) is 1. The van der Waals surface area contributed by atoms with Gasteiger partial charge in [0.2, 0.25) is 5.91 Å². The number of carbonyl (C=O) groups excluding carboxylic acids is 2. The Balaban J connectivity index is 2.49. The molecular weight excluding hydrogens is 230 g/mol. The Morgan fingerprint density at radius 2 is 2.06 bits per heavy atom. The van der Waals surface area contributed by atoms with E-state index in [4.69, 9.17) is 10.8 Å². The van der Waals surface area contributed by atoms with E-state index in [1.54, 1.807) is 0 Å². The zero-order valence-electron chi connectivity index (χ0n) is 9.13. The zero-order valence-corrected chi connectivity index (χ0v) is 9.13. The summed E-state index contributed by atoms with van der Waals surface area (Å²) in [5.74, 6) is -1.71. The number of carboxylic acid groups (broad SMARTS) is 1. The van der Waals surface area contributed by atoms with E-state index in [1.807, 2.05) is 0 Å². The van der Waals surface area contributed by atoms with E-state index in [-0.39, 0.29) is 25.9 Å². The highest BCUT2D eigenvalue weighted by molar-refractivity contribution is 5.83. The molecule has 0 aromatic rings. The van der Waals surface area contributed by atoms with Crippen LogP contribution < -0.4 is 11.1 Å². The van der Waals surface area contributed by atoms with Crippen LogP contribution in [-0.4, -0.2) is 58.3 Å². The summed E-state index contributed by atoms with van der Waals surface area (Å²) < 4.78 is 0. The molecule has 8 heteroatoms. The monoisotopic (exact) mass is 245 g/mol. The molecule has 0 bridgehead atoms. The maximum Gasteiger partial charge on any atom is 0.326 e. The lowest BCUT2D eigenvalue weighted by molar-refractivity contribution is -0.141. The SMILES string of the molecule is NC(=O)CCNC(=O)N1C[C@@H](O)C[C@H]1C(=O)O. The number of aliphatic hydroxyl groups is 1. The Bertz CT molecular complexity index is 333. The lowest BCUT2D eigenvalue weighted by atomic mass is 10.2. The van der Waals surface area contributed by atoms with Crippen LogP contribution >= 0.6 is 0 Å².